The van der Waals surface area contributed by atoms with Crippen molar-refractivity contribution in [3.05, 3.63) is 89.4 Å². The maximum atomic E-state index is 5.00. The van der Waals surface area contributed by atoms with Gasteiger partial charge in [-0.2, -0.15) is 0 Å². The van der Waals surface area contributed by atoms with Gasteiger partial charge in [0, 0.05) is 26.5 Å². The summed E-state index contributed by atoms with van der Waals surface area (Å²) >= 11 is 3.51. The second-order valence-electron chi connectivity index (χ2n) is 6.32. The first-order valence-corrected chi connectivity index (χ1v) is 9.32. The summed E-state index contributed by atoms with van der Waals surface area (Å²) in [6, 6.07) is 29.3. The average Bonchev–Trinajstić information content (AvgIpc) is 3.07. The fraction of sp³-hybridized carbons (Fsp3) is 0. The van der Waals surface area contributed by atoms with Gasteiger partial charge in [-0.15, -0.1) is 0 Å². The monoisotopic (exact) mass is 398 g/mol. The molecular formula is C23H15BrN2. The third-order valence-corrected chi connectivity index (χ3v) is 5.21. The Morgan fingerprint density at radius 2 is 1.46 bits per heavy atom. The highest BCUT2D eigenvalue weighted by atomic mass is 79.9. The number of pyridine rings is 1. The summed E-state index contributed by atoms with van der Waals surface area (Å²) in [5.74, 6) is 0. The van der Waals surface area contributed by atoms with E-state index in [-0.39, 0.29) is 0 Å². The molecule has 0 bridgehead atoms. The van der Waals surface area contributed by atoms with Gasteiger partial charge in [0.15, 0.2) is 0 Å². The van der Waals surface area contributed by atoms with Crippen molar-refractivity contribution in [1.29, 1.82) is 0 Å². The molecule has 0 fully saturated rings. The van der Waals surface area contributed by atoms with Crippen LogP contribution in [0.5, 0.6) is 0 Å². The summed E-state index contributed by atoms with van der Waals surface area (Å²) in [4.78, 5) is 8.57. The summed E-state index contributed by atoms with van der Waals surface area (Å²) in [6.07, 6.45) is 0. The Bertz CT molecular complexity index is 1220. The molecule has 0 saturated heterocycles. The van der Waals surface area contributed by atoms with Gasteiger partial charge in [-0.1, -0.05) is 76.6 Å². The van der Waals surface area contributed by atoms with Gasteiger partial charge < -0.3 is 4.98 Å². The van der Waals surface area contributed by atoms with E-state index in [0.717, 1.165) is 37.7 Å². The van der Waals surface area contributed by atoms with Crippen LogP contribution in [-0.4, -0.2) is 9.97 Å². The Labute approximate surface area is 159 Å². The molecule has 124 valence electrons. The molecule has 0 aliphatic rings. The molecule has 0 spiro atoms. The van der Waals surface area contributed by atoms with Crippen molar-refractivity contribution in [3.8, 4) is 22.4 Å². The van der Waals surface area contributed by atoms with Crippen LogP contribution in [0, 0.1) is 0 Å². The van der Waals surface area contributed by atoms with E-state index in [1.54, 1.807) is 0 Å². The highest BCUT2D eigenvalue weighted by molar-refractivity contribution is 9.10. The lowest BCUT2D eigenvalue weighted by Gasteiger charge is -2.08. The van der Waals surface area contributed by atoms with E-state index >= 15 is 0 Å². The minimum Gasteiger partial charge on any atom is -0.353 e. The number of benzene rings is 3. The molecule has 1 N–H and O–H groups in total. The Hall–Kier alpha value is -2.91. The summed E-state index contributed by atoms with van der Waals surface area (Å²) in [7, 11) is 0. The van der Waals surface area contributed by atoms with Gasteiger partial charge in [0.1, 0.15) is 0 Å². The van der Waals surface area contributed by atoms with E-state index in [0.29, 0.717) is 0 Å². The van der Waals surface area contributed by atoms with Gasteiger partial charge in [0.2, 0.25) is 0 Å². The number of hydrogen-bond donors (Lipinski definition) is 1. The van der Waals surface area contributed by atoms with Crippen LogP contribution in [0.3, 0.4) is 0 Å². The zero-order valence-electron chi connectivity index (χ0n) is 13.9. The molecule has 0 radical (unpaired) electrons. The molecular weight excluding hydrogens is 384 g/mol. The predicted octanol–water partition coefficient (Wildman–Crippen LogP) is 6.81. The van der Waals surface area contributed by atoms with Crippen LogP contribution < -0.4 is 0 Å². The summed E-state index contributed by atoms with van der Waals surface area (Å²) in [6.45, 7) is 0. The largest absolute Gasteiger partial charge is 0.353 e. The highest BCUT2D eigenvalue weighted by Crippen LogP contribution is 2.35. The number of nitrogens with one attached hydrogen (secondary N) is 1. The molecule has 5 rings (SSSR count). The molecule has 3 aromatic carbocycles. The van der Waals surface area contributed by atoms with E-state index in [2.05, 4.69) is 99.8 Å². The fourth-order valence-electron chi connectivity index (χ4n) is 3.41. The van der Waals surface area contributed by atoms with Crippen LogP contribution in [0.2, 0.25) is 0 Å². The Kier molecular flexibility index (Phi) is 3.61. The zero-order chi connectivity index (χ0) is 17.5. The number of aromatic amines is 1. The smallest absolute Gasteiger partial charge is 0.0971 e. The summed E-state index contributed by atoms with van der Waals surface area (Å²) < 4.78 is 1.07. The van der Waals surface area contributed by atoms with E-state index in [9.17, 15) is 0 Å². The first-order valence-electron chi connectivity index (χ1n) is 8.52. The molecule has 26 heavy (non-hydrogen) atoms. The second kappa shape index (κ2) is 6.11. The molecule has 0 amide bonds. The van der Waals surface area contributed by atoms with Crippen LogP contribution >= 0.6 is 15.9 Å². The van der Waals surface area contributed by atoms with Crippen LogP contribution in [0.25, 0.3) is 44.3 Å². The summed E-state index contributed by atoms with van der Waals surface area (Å²) in [5, 5.41) is 1.15. The molecule has 0 atom stereocenters. The van der Waals surface area contributed by atoms with E-state index in [1.807, 2.05) is 6.07 Å². The number of rotatable bonds is 2. The Balaban J connectivity index is 1.87. The third-order valence-electron chi connectivity index (χ3n) is 4.69. The maximum Gasteiger partial charge on any atom is 0.0971 e. The first-order chi connectivity index (χ1) is 12.8. The van der Waals surface area contributed by atoms with Gasteiger partial charge in [-0.05, 0) is 29.8 Å². The SMILES string of the molecule is Brc1ccc(-c2cc(-c3ccccc3)c3[nH]c4ccccc4c3n2)cc1. The predicted molar refractivity (Wildman–Crippen MR) is 112 cm³/mol. The van der Waals surface area contributed by atoms with Crippen LogP contribution in [0.4, 0.5) is 0 Å². The van der Waals surface area contributed by atoms with Crippen molar-refractivity contribution in [2.45, 2.75) is 0 Å². The molecule has 3 heteroatoms. The van der Waals surface area contributed by atoms with Crippen molar-refractivity contribution in [2.24, 2.45) is 0 Å². The van der Waals surface area contributed by atoms with Crippen LogP contribution in [-0.2, 0) is 0 Å². The van der Waals surface area contributed by atoms with Crippen molar-refractivity contribution in [2.75, 3.05) is 0 Å². The van der Waals surface area contributed by atoms with Gasteiger partial charge in [0.25, 0.3) is 0 Å². The Morgan fingerprint density at radius 1 is 0.731 bits per heavy atom. The van der Waals surface area contributed by atoms with Crippen molar-refractivity contribution >= 4 is 37.9 Å². The third kappa shape index (κ3) is 2.52. The van der Waals surface area contributed by atoms with Crippen LogP contribution in [0.15, 0.2) is 89.4 Å². The Morgan fingerprint density at radius 3 is 2.27 bits per heavy atom. The minimum atomic E-state index is 0.980. The van der Waals surface area contributed by atoms with Gasteiger partial charge in [-0.3, -0.25) is 0 Å². The van der Waals surface area contributed by atoms with E-state index in [1.165, 1.54) is 11.1 Å². The highest BCUT2D eigenvalue weighted by Gasteiger charge is 2.14. The van der Waals surface area contributed by atoms with Crippen molar-refractivity contribution in [1.82, 2.24) is 9.97 Å². The lowest BCUT2D eigenvalue weighted by Crippen LogP contribution is -1.88. The number of halogens is 1. The lowest BCUT2D eigenvalue weighted by molar-refractivity contribution is 1.40. The molecule has 0 aliphatic carbocycles. The fourth-order valence-corrected chi connectivity index (χ4v) is 3.68. The molecule has 0 unspecified atom stereocenters. The van der Waals surface area contributed by atoms with Crippen molar-refractivity contribution < 1.29 is 0 Å². The number of aromatic nitrogens is 2. The van der Waals surface area contributed by atoms with Crippen LogP contribution in [0.1, 0.15) is 0 Å². The topological polar surface area (TPSA) is 28.7 Å². The lowest BCUT2D eigenvalue weighted by atomic mass is 10.0. The molecule has 0 aliphatic heterocycles. The molecule has 2 heterocycles. The van der Waals surface area contributed by atoms with E-state index in [4.69, 9.17) is 4.98 Å². The zero-order valence-corrected chi connectivity index (χ0v) is 15.5. The molecule has 2 nitrogen and oxygen atoms in total. The number of fused-ring (bicyclic) bond motifs is 3. The first kappa shape index (κ1) is 15.4. The van der Waals surface area contributed by atoms with E-state index < -0.39 is 0 Å². The number of para-hydroxylation sites is 1. The molecule has 2 aromatic heterocycles. The second-order valence-corrected chi connectivity index (χ2v) is 7.24. The number of nitrogens with zero attached hydrogens (tertiary/aromatic N) is 1. The van der Waals surface area contributed by atoms with Gasteiger partial charge in [-0.25, -0.2) is 4.98 Å². The minimum absolute atomic E-state index is 0.980. The number of H-pyrrole nitrogens is 1. The molecule has 0 saturated carbocycles. The quantitative estimate of drug-likeness (QED) is 0.347. The molecule has 5 aromatic rings. The summed E-state index contributed by atoms with van der Waals surface area (Å²) in [5.41, 5.74) is 7.65. The average molecular weight is 399 g/mol. The standard InChI is InChI=1S/C23H15BrN2/c24-17-12-10-16(11-13-17)21-14-19(15-6-2-1-3-7-15)23-22(26-21)18-8-4-5-9-20(18)25-23/h1-14,25H. The number of hydrogen-bond acceptors (Lipinski definition) is 1. The van der Waals surface area contributed by atoms with Gasteiger partial charge in [0.05, 0.1) is 16.7 Å². The maximum absolute atomic E-state index is 5.00. The van der Waals surface area contributed by atoms with Crippen molar-refractivity contribution in [3.63, 3.8) is 0 Å². The normalized spacial score (nSPS) is 11.3. The van der Waals surface area contributed by atoms with Gasteiger partial charge >= 0.3 is 0 Å².